The molecule has 0 aromatic heterocycles. The van der Waals surface area contributed by atoms with E-state index in [0.717, 1.165) is 10.7 Å². The quantitative estimate of drug-likeness (QED) is 0.656. The van der Waals surface area contributed by atoms with Gasteiger partial charge in [0, 0.05) is 22.7 Å². The first kappa shape index (κ1) is 19.1. The number of hydrogen-bond acceptors (Lipinski definition) is 3. The Balaban J connectivity index is 2.58. The molecule has 1 unspecified atom stereocenters. The van der Waals surface area contributed by atoms with Gasteiger partial charge in [-0.1, -0.05) is 36.7 Å². The van der Waals surface area contributed by atoms with E-state index in [0.29, 0.717) is 11.1 Å². The van der Waals surface area contributed by atoms with Gasteiger partial charge in [-0.2, -0.15) is 0 Å². The lowest BCUT2D eigenvalue weighted by Crippen LogP contribution is -2.43. The number of sulfone groups is 1. The van der Waals surface area contributed by atoms with Crippen molar-refractivity contribution in [2.24, 2.45) is 0 Å². The third-order valence-corrected chi connectivity index (χ3v) is 11.3. The van der Waals surface area contributed by atoms with Gasteiger partial charge < -0.3 is 4.43 Å². The van der Waals surface area contributed by atoms with Gasteiger partial charge in [-0.25, -0.2) is 12.8 Å². The molecular formula is C16H24BrFO3SSi. The van der Waals surface area contributed by atoms with E-state index >= 15 is 0 Å². The van der Waals surface area contributed by atoms with Crippen molar-refractivity contribution in [1.82, 2.24) is 0 Å². The van der Waals surface area contributed by atoms with Crippen LogP contribution in [0, 0.1) is 0 Å². The standard InChI is InChI=1S/C16H24BrFO3SSi/c1-16(2,3)23(5,6)21-15-12(18)9-10-11(17)7-8-13(14(10)15)22(4,19)20/h7-8,12,15H,9H2,1-6H3/t12-,15?/m1/s1. The zero-order chi connectivity index (χ0) is 17.8. The van der Waals surface area contributed by atoms with Crippen LogP contribution in [0.2, 0.25) is 18.1 Å². The van der Waals surface area contributed by atoms with Gasteiger partial charge >= 0.3 is 0 Å². The molecule has 0 N–H and O–H groups in total. The summed E-state index contributed by atoms with van der Waals surface area (Å²) >= 11 is 3.42. The molecule has 23 heavy (non-hydrogen) atoms. The summed E-state index contributed by atoms with van der Waals surface area (Å²) in [5, 5.41) is -0.0766. The molecule has 0 radical (unpaired) electrons. The van der Waals surface area contributed by atoms with E-state index in [4.69, 9.17) is 4.43 Å². The largest absolute Gasteiger partial charge is 0.407 e. The third-order valence-electron chi connectivity index (χ3n) is 4.90. The van der Waals surface area contributed by atoms with Gasteiger partial charge in [-0.3, -0.25) is 0 Å². The molecule has 2 atom stereocenters. The molecule has 2 rings (SSSR count). The smallest absolute Gasteiger partial charge is 0.193 e. The maximum atomic E-state index is 14.7. The van der Waals surface area contributed by atoms with Crippen molar-refractivity contribution < 1.29 is 17.2 Å². The maximum absolute atomic E-state index is 14.7. The molecule has 3 nitrogen and oxygen atoms in total. The minimum atomic E-state index is -3.44. The van der Waals surface area contributed by atoms with Gasteiger partial charge in [0.05, 0.1) is 4.90 Å². The van der Waals surface area contributed by atoms with Crippen LogP contribution in [0.4, 0.5) is 4.39 Å². The Morgan fingerprint density at radius 2 is 1.87 bits per heavy atom. The van der Waals surface area contributed by atoms with E-state index in [-0.39, 0.29) is 16.4 Å². The number of alkyl halides is 1. The predicted molar refractivity (Wildman–Crippen MR) is 96.9 cm³/mol. The summed E-state index contributed by atoms with van der Waals surface area (Å²) in [5.74, 6) is 0. The summed E-state index contributed by atoms with van der Waals surface area (Å²) in [6.07, 6.45) is -0.698. The lowest BCUT2D eigenvalue weighted by molar-refractivity contribution is 0.0991. The maximum Gasteiger partial charge on any atom is 0.193 e. The number of halogens is 2. The molecule has 1 aromatic rings. The van der Waals surface area contributed by atoms with Gasteiger partial charge in [0.2, 0.25) is 0 Å². The fraction of sp³-hybridized carbons (Fsp3) is 0.625. The lowest BCUT2D eigenvalue weighted by Gasteiger charge is -2.39. The fourth-order valence-corrected chi connectivity index (χ4v) is 5.28. The van der Waals surface area contributed by atoms with Gasteiger partial charge in [-0.15, -0.1) is 0 Å². The van der Waals surface area contributed by atoms with Gasteiger partial charge in [0.15, 0.2) is 18.2 Å². The SMILES string of the molecule is CC(C)(C)[Si](C)(C)OC1c2c(S(C)(=O)=O)ccc(Br)c2C[C@H]1F. The molecule has 1 aliphatic rings. The molecule has 130 valence electrons. The first-order valence-corrected chi connectivity index (χ1v) is 13.2. The number of fused-ring (bicyclic) bond motifs is 1. The van der Waals surface area contributed by atoms with Crippen LogP contribution in [0.3, 0.4) is 0 Å². The van der Waals surface area contributed by atoms with E-state index in [1.54, 1.807) is 6.07 Å². The van der Waals surface area contributed by atoms with Crippen molar-refractivity contribution in [3.8, 4) is 0 Å². The normalized spacial score (nSPS) is 22.3. The Hall–Kier alpha value is -0.243. The van der Waals surface area contributed by atoms with Gasteiger partial charge in [-0.05, 0) is 35.8 Å². The summed E-state index contributed by atoms with van der Waals surface area (Å²) in [6.45, 7) is 10.4. The summed E-state index contributed by atoms with van der Waals surface area (Å²) < 4.78 is 46.0. The van der Waals surface area contributed by atoms with E-state index in [1.807, 2.05) is 0 Å². The fourth-order valence-electron chi connectivity index (χ4n) is 2.57. The Morgan fingerprint density at radius 1 is 1.30 bits per heavy atom. The van der Waals surface area contributed by atoms with Crippen molar-refractivity contribution in [3.05, 3.63) is 27.7 Å². The minimum absolute atomic E-state index is 0.0766. The van der Waals surface area contributed by atoms with Crippen molar-refractivity contribution >= 4 is 34.1 Å². The molecule has 0 saturated carbocycles. The first-order valence-electron chi connectivity index (χ1n) is 7.59. The van der Waals surface area contributed by atoms with Crippen molar-refractivity contribution in [3.63, 3.8) is 0 Å². The Kier molecular flexibility index (Phi) is 4.92. The zero-order valence-corrected chi connectivity index (χ0v) is 17.8. The molecular weight excluding hydrogens is 399 g/mol. The highest BCUT2D eigenvalue weighted by atomic mass is 79.9. The zero-order valence-electron chi connectivity index (χ0n) is 14.4. The van der Waals surface area contributed by atoms with Crippen LogP contribution in [0.25, 0.3) is 0 Å². The minimum Gasteiger partial charge on any atom is -0.407 e. The molecule has 0 fully saturated rings. The van der Waals surface area contributed by atoms with E-state index < -0.39 is 30.4 Å². The molecule has 1 aliphatic carbocycles. The third kappa shape index (κ3) is 3.57. The molecule has 0 heterocycles. The lowest BCUT2D eigenvalue weighted by atomic mass is 10.1. The predicted octanol–water partition coefficient (Wildman–Crippen LogP) is 4.81. The van der Waals surface area contributed by atoms with Crippen LogP contribution in [-0.2, 0) is 20.7 Å². The molecule has 0 aliphatic heterocycles. The Bertz CT molecular complexity index is 726. The average Bonchev–Trinajstić information content (AvgIpc) is 2.65. The van der Waals surface area contributed by atoms with Crippen LogP contribution < -0.4 is 0 Å². The van der Waals surface area contributed by atoms with Gasteiger partial charge in [0.1, 0.15) is 12.3 Å². The summed E-state index contributed by atoms with van der Waals surface area (Å²) in [4.78, 5) is 0.180. The summed E-state index contributed by atoms with van der Waals surface area (Å²) in [7, 11) is -5.67. The van der Waals surface area contributed by atoms with Crippen LogP contribution in [-0.4, -0.2) is 29.2 Å². The molecule has 0 bridgehead atoms. The highest BCUT2D eigenvalue weighted by Crippen LogP contribution is 2.47. The second-order valence-electron chi connectivity index (χ2n) is 7.73. The van der Waals surface area contributed by atoms with E-state index in [9.17, 15) is 12.8 Å². The Labute approximate surface area is 147 Å². The van der Waals surface area contributed by atoms with Crippen LogP contribution >= 0.6 is 15.9 Å². The molecule has 0 spiro atoms. The molecule has 7 heteroatoms. The van der Waals surface area contributed by atoms with Crippen molar-refractivity contribution in [1.29, 1.82) is 0 Å². The van der Waals surface area contributed by atoms with Crippen molar-refractivity contribution in [2.75, 3.05) is 6.26 Å². The summed E-state index contributed by atoms with van der Waals surface area (Å²) in [5.41, 5.74) is 1.21. The molecule has 1 aromatic carbocycles. The van der Waals surface area contributed by atoms with Crippen LogP contribution in [0.5, 0.6) is 0 Å². The molecule has 0 saturated heterocycles. The first-order chi connectivity index (χ1) is 10.3. The van der Waals surface area contributed by atoms with Crippen molar-refractivity contribution in [2.45, 2.75) is 62.5 Å². The van der Waals surface area contributed by atoms with Gasteiger partial charge in [0.25, 0.3) is 0 Å². The van der Waals surface area contributed by atoms with Crippen LogP contribution in [0.15, 0.2) is 21.5 Å². The average molecular weight is 423 g/mol. The second-order valence-corrected chi connectivity index (χ2v) is 15.3. The number of rotatable bonds is 3. The monoisotopic (exact) mass is 422 g/mol. The molecule has 0 amide bonds. The van der Waals surface area contributed by atoms with E-state index in [2.05, 4.69) is 49.8 Å². The number of hydrogen-bond donors (Lipinski definition) is 0. The topological polar surface area (TPSA) is 43.4 Å². The highest BCUT2D eigenvalue weighted by Gasteiger charge is 2.46. The summed E-state index contributed by atoms with van der Waals surface area (Å²) in [6, 6.07) is 3.22. The Morgan fingerprint density at radius 3 is 2.35 bits per heavy atom. The highest BCUT2D eigenvalue weighted by molar-refractivity contribution is 9.10. The second kappa shape index (κ2) is 5.93. The number of benzene rings is 1. The van der Waals surface area contributed by atoms with E-state index in [1.165, 1.54) is 6.07 Å². The van der Waals surface area contributed by atoms with Crippen LogP contribution in [0.1, 0.15) is 38.0 Å².